The quantitative estimate of drug-likeness (QED) is 0.913. The van der Waals surface area contributed by atoms with Crippen molar-refractivity contribution in [1.82, 2.24) is 0 Å². The summed E-state index contributed by atoms with van der Waals surface area (Å²) in [7, 11) is 0. The summed E-state index contributed by atoms with van der Waals surface area (Å²) in [5, 5.41) is 13.8. The summed E-state index contributed by atoms with van der Waals surface area (Å²) in [6.45, 7) is 1.69. The van der Waals surface area contributed by atoms with E-state index in [0.717, 1.165) is 12.8 Å². The predicted molar refractivity (Wildman–Crippen MR) is 70.2 cm³/mol. The Kier molecular flexibility index (Phi) is 4.37. The number of carboxylic acids is 1. The first kappa shape index (κ1) is 14.5. The maximum atomic E-state index is 13.0. The van der Waals surface area contributed by atoms with Crippen LogP contribution in [0.25, 0.3) is 0 Å². The van der Waals surface area contributed by atoms with Crippen molar-refractivity contribution in [1.29, 1.82) is 0 Å². The zero-order chi connectivity index (χ0) is 14.7. The maximum Gasteiger partial charge on any atom is 0.228 e. The lowest BCUT2D eigenvalue weighted by Crippen LogP contribution is -2.42. The van der Waals surface area contributed by atoms with Crippen molar-refractivity contribution in [3.05, 3.63) is 29.6 Å². The van der Waals surface area contributed by atoms with Crippen LogP contribution in [0.5, 0.6) is 0 Å². The highest BCUT2D eigenvalue weighted by Gasteiger charge is 2.31. The fourth-order valence-corrected chi connectivity index (χ4v) is 2.72. The van der Waals surface area contributed by atoms with Gasteiger partial charge in [-0.05, 0) is 43.5 Å². The molecule has 0 radical (unpaired) electrons. The minimum atomic E-state index is -1.17. The number of amides is 1. The van der Waals surface area contributed by atoms with Crippen molar-refractivity contribution in [3.8, 4) is 0 Å². The van der Waals surface area contributed by atoms with Crippen LogP contribution in [0.2, 0.25) is 0 Å². The molecular formula is C15H17FNO3-. The smallest absolute Gasteiger partial charge is 0.228 e. The van der Waals surface area contributed by atoms with E-state index in [4.69, 9.17) is 0 Å². The first-order chi connectivity index (χ1) is 9.49. The average molecular weight is 278 g/mol. The molecule has 0 heterocycles. The molecule has 0 spiro atoms. The summed E-state index contributed by atoms with van der Waals surface area (Å²) in [5.74, 6) is -3.16. The third-order valence-electron chi connectivity index (χ3n) is 3.85. The lowest BCUT2D eigenvalue weighted by Gasteiger charge is -2.31. The Morgan fingerprint density at radius 2 is 1.90 bits per heavy atom. The average Bonchev–Trinajstić information content (AvgIpc) is 2.41. The number of hydrogen-bond donors (Lipinski definition) is 1. The summed E-state index contributed by atoms with van der Waals surface area (Å²) >= 11 is 0. The van der Waals surface area contributed by atoms with E-state index in [1.807, 2.05) is 0 Å². The van der Waals surface area contributed by atoms with Gasteiger partial charge in [-0.2, -0.15) is 0 Å². The highest BCUT2D eigenvalue weighted by atomic mass is 19.1. The molecule has 20 heavy (non-hydrogen) atoms. The van der Waals surface area contributed by atoms with Crippen molar-refractivity contribution >= 4 is 17.6 Å². The van der Waals surface area contributed by atoms with Crippen molar-refractivity contribution < 1.29 is 19.1 Å². The number of nitrogens with one attached hydrogen (secondary N) is 1. The Bertz CT molecular complexity index is 530. The molecular weight excluding hydrogens is 261 g/mol. The van der Waals surface area contributed by atoms with Crippen LogP contribution >= 0.6 is 0 Å². The van der Waals surface area contributed by atoms with E-state index in [9.17, 15) is 19.1 Å². The third-order valence-corrected chi connectivity index (χ3v) is 3.85. The van der Waals surface area contributed by atoms with Crippen LogP contribution < -0.4 is 10.4 Å². The van der Waals surface area contributed by atoms with Crippen LogP contribution in [0.1, 0.15) is 31.2 Å². The van der Waals surface area contributed by atoms with Gasteiger partial charge in [-0.1, -0.05) is 12.8 Å². The number of halogens is 1. The second-order valence-corrected chi connectivity index (χ2v) is 5.26. The fourth-order valence-electron chi connectivity index (χ4n) is 2.72. The molecule has 0 aliphatic heterocycles. The fraction of sp³-hybridized carbons (Fsp3) is 0.467. The van der Waals surface area contributed by atoms with Gasteiger partial charge in [0.2, 0.25) is 5.91 Å². The standard InChI is InChI=1S/C15H18FNO3/c1-9-8-10(16)6-7-13(9)17-14(18)11-4-2-3-5-12(11)15(19)20/h6-8,11-12H,2-5H2,1H3,(H,17,18)(H,19,20)/p-1/t11-,12-/m0/s1. The number of carbonyl (C=O) groups is 2. The summed E-state index contributed by atoms with van der Waals surface area (Å²) in [6.07, 6.45) is 2.66. The summed E-state index contributed by atoms with van der Waals surface area (Å²) in [4.78, 5) is 23.3. The Labute approximate surface area is 117 Å². The number of benzene rings is 1. The zero-order valence-corrected chi connectivity index (χ0v) is 11.3. The third kappa shape index (κ3) is 3.15. The molecule has 1 saturated carbocycles. The van der Waals surface area contributed by atoms with Gasteiger partial charge in [0.15, 0.2) is 0 Å². The van der Waals surface area contributed by atoms with Crippen molar-refractivity contribution in [3.63, 3.8) is 0 Å². The number of rotatable bonds is 3. The lowest BCUT2D eigenvalue weighted by atomic mass is 9.78. The van der Waals surface area contributed by atoms with Gasteiger partial charge in [-0.15, -0.1) is 0 Å². The number of hydrogen-bond acceptors (Lipinski definition) is 3. The van der Waals surface area contributed by atoms with Gasteiger partial charge in [-0.25, -0.2) is 4.39 Å². The number of carboxylic acid groups (broad SMARTS) is 1. The van der Waals surface area contributed by atoms with Crippen LogP contribution in [0.3, 0.4) is 0 Å². The van der Waals surface area contributed by atoms with E-state index in [1.165, 1.54) is 18.2 Å². The Morgan fingerprint density at radius 3 is 2.50 bits per heavy atom. The molecule has 4 nitrogen and oxygen atoms in total. The number of aliphatic carboxylic acids is 1. The van der Waals surface area contributed by atoms with Crippen LogP contribution in [0.4, 0.5) is 10.1 Å². The minimum absolute atomic E-state index is 0.325. The molecule has 5 heteroatoms. The topological polar surface area (TPSA) is 69.2 Å². The normalized spacial score (nSPS) is 22.3. The van der Waals surface area contributed by atoms with E-state index in [0.29, 0.717) is 24.1 Å². The molecule has 1 aromatic rings. The van der Waals surface area contributed by atoms with E-state index in [2.05, 4.69) is 5.32 Å². The molecule has 2 atom stereocenters. The Morgan fingerprint density at radius 1 is 1.25 bits per heavy atom. The van der Waals surface area contributed by atoms with Crippen molar-refractivity contribution in [2.75, 3.05) is 5.32 Å². The molecule has 1 aliphatic carbocycles. The number of aryl methyl sites for hydroxylation is 1. The molecule has 0 saturated heterocycles. The molecule has 0 aromatic heterocycles. The minimum Gasteiger partial charge on any atom is -0.550 e. The highest BCUT2D eigenvalue weighted by molar-refractivity contribution is 5.95. The van der Waals surface area contributed by atoms with Gasteiger partial charge in [0.1, 0.15) is 5.82 Å². The van der Waals surface area contributed by atoms with E-state index in [-0.39, 0.29) is 11.7 Å². The van der Waals surface area contributed by atoms with E-state index >= 15 is 0 Å². The van der Waals surface area contributed by atoms with Crippen molar-refractivity contribution in [2.45, 2.75) is 32.6 Å². The zero-order valence-electron chi connectivity index (χ0n) is 11.3. The van der Waals surface area contributed by atoms with Gasteiger partial charge < -0.3 is 15.2 Å². The predicted octanol–water partition coefficient (Wildman–Crippen LogP) is 1.63. The van der Waals surface area contributed by atoms with Crippen LogP contribution in [-0.2, 0) is 9.59 Å². The first-order valence-electron chi connectivity index (χ1n) is 6.77. The van der Waals surface area contributed by atoms with Gasteiger partial charge in [0.05, 0.1) is 0 Å². The monoisotopic (exact) mass is 278 g/mol. The SMILES string of the molecule is Cc1cc(F)ccc1NC(=O)[C@H]1CCCC[C@@H]1C(=O)[O-]. The largest absolute Gasteiger partial charge is 0.550 e. The van der Waals surface area contributed by atoms with E-state index < -0.39 is 17.8 Å². The van der Waals surface area contributed by atoms with Crippen LogP contribution in [-0.4, -0.2) is 11.9 Å². The highest BCUT2D eigenvalue weighted by Crippen LogP contribution is 2.31. The number of carbonyl (C=O) groups excluding carboxylic acids is 2. The Hall–Kier alpha value is -1.91. The molecule has 1 N–H and O–H groups in total. The maximum absolute atomic E-state index is 13.0. The molecule has 1 amide bonds. The molecule has 1 aromatic carbocycles. The summed E-state index contributed by atoms with van der Waals surface area (Å²) in [6, 6.07) is 4.08. The van der Waals surface area contributed by atoms with Crippen LogP contribution in [0, 0.1) is 24.6 Å². The molecule has 0 unspecified atom stereocenters. The van der Waals surface area contributed by atoms with Gasteiger partial charge >= 0.3 is 0 Å². The molecule has 108 valence electrons. The Balaban J connectivity index is 2.12. The molecule has 1 fully saturated rings. The van der Waals surface area contributed by atoms with Crippen molar-refractivity contribution in [2.24, 2.45) is 11.8 Å². The number of anilines is 1. The second-order valence-electron chi connectivity index (χ2n) is 5.26. The van der Waals surface area contributed by atoms with Crippen LogP contribution in [0.15, 0.2) is 18.2 Å². The molecule has 0 bridgehead atoms. The second kappa shape index (κ2) is 6.03. The van der Waals surface area contributed by atoms with Gasteiger partial charge in [-0.3, -0.25) is 4.79 Å². The lowest BCUT2D eigenvalue weighted by molar-refractivity contribution is -0.313. The first-order valence-corrected chi connectivity index (χ1v) is 6.77. The molecule has 2 rings (SSSR count). The van der Waals surface area contributed by atoms with Gasteiger partial charge in [0.25, 0.3) is 0 Å². The summed E-state index contributed by atoms with van der Waals surface area (Å²) in [5.41, 5.74) is 1.12. The van der Waals surface area contributed by atoms with Gasteiger partial charge in [0, 0.05) is 23.5 Å². The van der Waals surface area contributed by atoms with E-state index in [1.54, 1.807) is 6.92 Å². The molecule has 1 aliphatic rings. The summed E-state index contributed by atoms with van der Waals surface area (Å²) < 4.78 is 13.0.